The molecule has 0 aliphatic carbocycles. The molecular weight excluding hydrogens is 298 g/mol. The molecule has 0 saturated carbocycles. The number of rotatable bonds is 3. The molecular formula is C13H10BrNO3. The van der Waals surface area contributed by atoms with Gasteiger partial charge in [0.25, 0.3) is 0 Å². The third kappa shape index (κ3) is 2.87. The molecule has 4 nitrogen and oxygen atoms in total. The Morgan fingerprint density at radius 3 is 2.50 bits per heavy atom. The van der Waals surface area contributed by atoms with E-state index in [1.807, 2.05) is 12.1 Å². The zero-order valence-corrected chi connectivity index (χ0v) is 11.1. The summed E-state index contributed by atoms with van der Waals surface area (Å²) < 4.78 is 6.42. The van der Waals surface area contributed by atoms with Crippen LogP contribution >= 0.6 is 15.9 Å². The maximum absolute atomic E-state index is 11.0. The highest BCUT2D eigenvalue weighted by Crippen LogP contribution is 2.25. The largest absolute Gasteiger partial charge is 0.477 e. The lowest BCUT2D eigenvalue weighted by Crippen LogP contribution is -2.02. The molecule has 0 aliphatic rings. The van der Waals surface area contributed by atoms with Crippen molar-refractivity contribution in [3.8, 4) is 11.6 Å². The summed E-state index contributed by atoms with van der Waals surface area (Å²) in [4.78, 5) is 15.1. The van der Waals surface area contributed by atoms with Crippen LogP contribution in [-0.2, 0) is 0 Å². The van der Waals surface area contributed by atoms with Crippen LogP contribution < -0.4 is 4.74 Å². The van der Waals surface area contributed by atoms with Gasteiger partial charge in [-0.25, -0.2) is 9.78 Å². The van der Waals surface area contributed by atoms with Gasteiger partial charge in [-0.3, -0.25) is 0 Å². The highest BCUT2D eigenvalue weighted by atomic mass is 79.9. The van der Waals surface area contributed by atoms with Crippen molar-refractivity contribution in [3.05, 3.63) is 52.1 Å². The Hall–Kier alpha value is -1.88. The summed E-state index contributed by atoms with van der Waals surface area (Å²) in [7, 11) is 0. The maximum Gasteiger partial charge on any atom is 0.341 e. The maximum atomic E-state index is 11.0. The fourth-order valence-corrected chi connectivity index (χ4v) is 1.65. The number of halogens is 1. The van der Waals surface area contributed by atoms with Crippen molar-refractivity contribution in [1.29, 1.82) is 0 Å². The molecule has 2 rings (SSSR count). The Balaban J connectivity index is 2.35. The van der Waals surface area contributed by atoms with E-state index < -0.39 is 5.97 Å². The highest BCUT2D eigenvalue weighted by molar-refractivity contribution is 9.10. The third-order valence-electron chi connectivity index (χ3n) is 2.26. The normalized spacial score (nSPS) is 10.1. The van der Waals surface area contributed by atoms with Gasteiger partial charge in [0.15, 0.2) is 0 Å². The number of nitrogens with zero attached hydrogens (tertiary/aromatic N) is 1. The predicted octanol–water partition coefficient (Wildman–Crippen LogP) is 3.64. The number of carboxylic acids is 1. The molecule has 0 spiro atoms. The lowest BCUT2D eigenvalue weighted by Gasteiger charge is -2.08. The van der Waals surface area contributed by atoms with Crippen molar-refractivity contribution in [3.63, 3.8) is 0 Å². The van der Waals surface area contributed by atoms with Gasteiger partial charge >= 0.3 is 5.97 Å². The number of aromatic carboxylic acids is 1. The Morgan fingerprint density at radius 2 is 1.89 bits per heavy atom. The molecule has 1 N–H and O–H groups in total. The van der Waals surface area contributed by atoms with E-state index in [1.165, 1.54) is 6.07 Å². The monoisotopic (exact) mass is 307 g/mol. The van der Waals surface area contributed by atoms with Crippen LogP contribution in [0.4, 0.5) is 0 Å². The summed E-state index contributed by atoms with van der Waals surface area (Å²) in [5.74, 6) is -0.418. The fraction of sp³-hybridized carbons (Fsp3) is 0.0769. The first-order chi connectivity index (χ1) is 8.56. The topological polar surface area (TPSA) is 59.4 Å². The number of benzene rings is 1. The molecule has 0 aliphatic heterocycles. The number of hydrogen-bond acceptors (Lipinski definition) is 3. The van der Waals surface area contributed by atoms with Gasteiger partial charge in [-0.2, -0.15) is 0 Å². The summed E-state index contributed by atoms with van der Waals surface area (Å²) in [6.45, 7) is 1.78. The van der Waals surface area contributed by atoms with Gasteiger partial charge in [-0.05, 0) is 43.3 Å². The molecule has 1 aromatic carbocycles. The molecule has 92 valence electrons. The van der Waals surface area contributed by atoms with E-state index in [9.17, 15) is 4.79 Å². The number of aryl methyl sites for hydroxylation is 1. The van der Waals surface area contributed by atoms with Crippen molar-refractivity contribution in [2.75, 3.05) is 0 Å². The Bertz CT molecular complexity index is 581. The van der Waals surface area contributed by atoms with Gasteiger partial charge in [0.2, 0.25) is 5.88 Å². The molecule has 0 atom stereocenters. The van der Waals surface area contributed by atoms with Crippen LogP contribution in [0, 0.1) is 6.92 Å². The summed E-state index contributed by atoms with van der Waals surface area (Å²) in [6.07, 6.45) is 0. The van der Waals surface area contributed by atoms with E-state index in [0.29, 0.717) is 11.4 Å². The van der Waals surface area contributed by atoms with Crippen molar-refractivity contribution >= 4 is 21.9 Å². The first kappa shape index (κ1) is 12.6. The quantitative estimate of drug-likeness (QED) is 0.940. The minimum Gasteiger partial charge on any atom is -0.477 e. The first-order valence-corrected chi connectivity index (χ1v) is 6.00. The van der Waals surface area contributed by atoms with Gasteiger partial charge in [0.1, 0.15) is 11.3 Å². The molecule has 0 fully saturated rings. The van der Waals surface area contributed by atoms with Crippen LogP contribution in [0.25, 0.3) is 0 Å². The van der Waals surface area contributed by atoms with Crippen LogP contribution in [0.5, 0.6) is 11.6 Å². The van der Waals surface area contributed by atoms with Gasteiger partial charge in [0, 0.05) is 10.2 Å². The number of carbonyl (C=O) groups is 1. The molecule has 0 unspecified atom stereocenters. The first-order valence-electron chi connectivity index (χ1n) is 5.20. The van der Waals surface area contributed by atoms with Gasteiger partial charge in [-0.1, -0.05) is 15.9 Å². The second-order valence-corrected chi connectivity index (χ2v) is 4.58. The SMILES string of the molecule is Cc1ccc(C(=O)O)c(Oc2ccc(Br)cc2)n1. The number of carboxylic acid groups (broad SMARTS) is 1. The lowest BCUT2D eigenvalue weighted by atomic mass is 10.2. The summed E-state index contributed by atoms with van der Waals surface area (Å²) in [5.41, 5.74) is 0.746. The second kappa shape index (κ2) is 5.18. The summed E-state index contributed by atoms with van der Waals surface area (Å²) in [5, 5.41) is 9.05. The van der Waals surface area contributed by atoms with Crippen LogP contribution in [0.15, 0.2) is 40.9 Å². The minimum absolute atomic E-state index is 0.0449. The van der Waals surface area contributed by atoms with Gasteiger partial charge < -0.3 is 9.84 Å². The summed E-state index contributed by atoms with van der Waals surface area (Å²) >= 11 is 3.31. The van der Waals surface area contributed by atoms with Crippen LogP contribution in [0.3, 0.4) is 0 Å². The molecule has 0 bridgehead atoms. The number of pyridine rings is 1. The Morgan fingerprint density at radius 1 is 1.22 bits per heavy atom. The van der Waals surface area contributed by atoms with Crippen molar-refractivity contribution < 1.29 is 14.6 Å². The number of hydrogen-bond donors (Lipinski definition) is 1. The van der Waals surface area contributed by atoms with Crippen molar-refractivity contribution in [2.24, 2.45) is 0 Å². The fourth-order valence-electron chi connectivity index (χ4n) is 1.39. The van der Waals surface area contributed by atoms with E-state index in [-0.39, 0.29) is 11.4 Å². The van der Waals surface area contributed by atoms with E-state index in [1.54, 1.807) is 25.1 Å². The molecule has 2 aromatic rings. The smallest absolute Gasteiger partial charge is 0.341 e. The van der Waals surface area contributed by atoms with Crippen LogP contribution in [0.2, 0.25) is 0 Å². The molecule has 0 radical (unpaired) electrons. The molecule has 5 heteroatoms. The highest BCUT2D eigenvalue weighted by Gasteiger charge is 2.13. The average molecular weight is 308 g/mol. The van der Waals surface area contributed by atoms with Crippen LogP contribution in [0.1, 0.15) is 16.1 Å². The van der Waals surface area contributed by atoms with Crippen LogP contribution in [-0.4, -0.2) is 16.1 Å². The average Bonchev–Trinajstić information content (AvgIpc) is 2.32. The van der Waals surface area contributed by atoms with Crippen molar-refractivity contribution in [2.45, 2.75) is 6.92 Å². The third-order valence-corrected chi connectivity index (χ3v) is 2.79. The summed E-state index contributed by atoms with van der Waals surface area (Å²) in [6, 6.07) is 10.2. The van der Waals surface area contributed by atoms with E-state index in [0.717, 1.165) is 4.47 Å². The molecule has 0 saturated heterocycles. The predicted molar refractivity (Wildman–Crippen MR) is 70.1 cm³/mol. The molecule has 18 heavy (non-hydrogen) atoms. The van der Waals surface area contributed by atoms with E-state index in [4.69, 9.17) is 9.84 Å². The minimum atomic E-state index is -1.06. The molecule has 1 heterocycles. The van der Waals surface area contributed by atoms with E-state index in [2.05, 4.69) is 20.9 Å². The zero-order valence-electron chi connectivity index (χ0n) is 9.55. The zero-order chi connectivity index (χ0) is 13.1. The Kier molecular flexibility index (Phi) is 3.62. The number of aromatic nitrogens is 1. The number of ether oxygens (including phenoxy) is 1. The molecule has 0 amide bonds. The van der Waals surface area contributed by atoms with Gasteiger partial charge in [0.05, 0.1) is 0 Å². The second-order valence-electron chi connectivity index (χ2n) is 3.67. The Labute approximate surface area is 112 Å². The van der Waals surface area contributed by atoms with Gasteiger partial charge in [-0.15, -0.1) is 0 Å². The standard InChI is InChI=1S/C13H10BrNO3/c1-8-2-7-11(13(16)17)12(15-8)18-10-5-3-9(14)4-6-10/h2-7H,1H3,(H,16,17). The van der Waals surface area contributed by atoms with Crippen molar-refractivity contribution in [1.82, 2.24) is 4.98 Å². The lowest BCUT2D eigenvalue weighted by molar-refractivity contribution is 0.0693. The van der Waals surface area contributed by atoms with E-state index >= 15 is 0 Å². The molecule has 1 aromatic heterocycles.